The molecule has 0 fully saturated rings. The minimum absolute atomic E-state index is 0.0137. The van der Waals surface area contributed by atoms with Gasteiger partial charge < -0.3 is 9.72 Å². The minimum Gasteiger partial charge on any atom is -0.497 e. The van der Waals surface area contributed by atoms with Gasteiger partial charge in [-0.3, -0.25) is 4.79 Å². The maximum Gasteiger partial charge on any atom is 0.260 e. The van der Waals surface area contributed by atoms with E-state index >= 15 is 0 Å². The zero-order valence-corrected chi connectivity index (χ0v) is 13.8. The maximum atomic E-state index is 12.6. The van der Waals surface area contributed by atoms with Gasteiger partial charge in [-0.05, 0) is 55.5 Å². The number of fused-ring (bicyclic) bond motifs is 3. The van der Waals surface area contributed by atoms with Gasteiger partial charge in [-0.25, -0.2) is 4.98 Å². The normalized spacial score (nSPS) is 14.5. The van der Waals surface area contributed by atoms with Crippen molar-refractivity contribution in [2.75, 3.05) is 7.11 Å². The molecule has 0 spiro atoms. The molecule has 3 aromatic rings. The molecule has 0 saturated heterocycles. The Hall–Kier alpha value is -2.14. The number of hydrogen-bond donors (Lipinski definition) is 1. The molecule has 0 saturated carbocycles. The van der Waals surface area contributed by atoms with Crippen LogP contribution in [0.2, 0.25) is 0 Å². The largest absolute Gasteiger partial charge is 0.497 e. The minimum atomic E-state index is -0.0137. The highest BCUT2D eigenvalue weighted by molar-refractivity contribution is 7.18. The lowest BCUT2D eigenvalue weighted by Crippen LogP contribution is -2.10. The van der Waals surface area contributed by atoms with E-state index < -0.39 is 0 Å². The molecule has 118 valence electrons. The van der Waals surface area contributed by atoms with Gasteiger partial charge >= 0.3 is 0 Å². The summed E-state index contributed by atoms with van der Waals surface area (Å²) in [4.78, 5) is 22.5. The van der Waals surface area contributed by atoms with E-state index in [2.05, 4.69) is 4.98 Å². The first kappa shape index (κ1) is 14.5. The third-order valence-corrected chi connectivity index (χ3v) is 5.62. The van der Waals surface area contributed by atoms with E-state index in [0.717, 1.165) is 34.4 Å². The molecule has 0 radical (unpaired) electrons. The SMILES string of the molecule is COc1ccc(-c2nc3sc4c(c3c(=O)[nH]2)CCCCC4)cc1. The molecule has 0 amide bonds. The number of nitrogens with one attached hydrogen (secondary N) is 1. The summed E-state index contributed by atoms with van der Waals surface area (Å²) in [6.07, 6.45) is 5.70. The number of hydrogen-bond acceptors (Lipinski definition) is 4. The van der Waals surface area contributed by atoms with E-state index in [1.807, 2.05) is 24.3 Å². The van der Waals surface area contributed by atoms with Crippen molar-refractivity contribution in [1.82, 2.24) is 9.97 Å². The summed E-state index contributed by atoms with van der Waals surface area (Å²) in [6.45, 7) is 0. The highest BCUT2D eigenvalue weighted by Crippen LogP contribution is 2.33. The number of benzene rings is 1. The number of ether oxygens (including phenoxy) is 1. The third-order valence-electron chi connectivity index (χ3n) is 4.44. The van der Waals surface area contributed by atoms with Crippen molar-refractivity contribution in [3.05, 3.63) is 45.1 Å². The van der Waals surface area contributed by atoms with Crippen LogP contribution in [0.4, 0.5) is 0 Å². The monoisotopic (exact) mass is 326 g/mol. The highest BCUT2D eigenvalue weighted by Gasteiger charge is 2.19. The standard InChI is InChI=1S/C18H18N2O2S/c1-22-12-9-7-11(8-10-12)16-19-17(21)15-13-5-3-2-4-6-14(13)23-18(15)20-16/h7-10H,2-6H2,1H3,(H,19,20,21). The average molecular weight is 326 g/mol. The summed E-state index contributed by atoms with van der Waals surface area (Å²) in [7, 11) is 1.64. The average Bonchev–Trinajstić information content (AvgIpc) is 2.77. The summed E-state index contributed by atoms with van der Waals surface area (Å²) in [6, 6.07) is 7.59. The molecule has 0 bridgehead atoms. The van der Waals surface area contributed by atoms with Crippen molar-refractivity contribution in [3.63, 3.8) is 0 Å². The van der Waals surface area contributed by atoms with Crippen LogP contribution in [0.5, 0.6) is 5.75 Å². The number of thiophene rings is 1. The molecule has 1 aliphatic carbocycles. The Balaban J connectivity index is 1.85. The lowest BCUT2D eigenvalue weighted by Gasteiger charge is -2.04. The van der Waals surface area contributed by atoms with Crippen LogP contribution in [0.25, 0.3) is 21.6 Å². The van der Waals surface area contributed by atoms with Crippen LogP contribution in [0.3, 0.4) is 0 Å². The van der Waals surface area contributed by atoms with Gasteiger partial charge in [0.05, 0.1) is 12.5 Å². The molecule has 1 aromatic carbocycles. The second-order valence-electron chi connectivity index (χ2n) is 5.89. The molecule has 1 N–H and O–H groups in total. The molecule has 0 unspecified atom stereocenters. The molecule has 2 heterocycles. The second kappa shape index (κ2) is 5.81. The number of nitrogens with zero attached hydrogens (tertiary/aromatic N) is 1. The number of aromatic nitrogens is 2. The van der Waals surface area contributed by atoms with Gasteiger partial charge in [0.15, 0.2) is 0 Å². The van der Waals surface area contributed by atoms with Crippen molar-refractivity contribution >= 4 is 21.6 Å². The summed E-state index contributed by atoms with van der Waals surface area (Å²) in [5, 5.41) is 0.809. The van der Waals surface area contributed by atoms with E-state index in [4.69, 9.17) is 9.72 Å². The zero-order valence-electron chi connectivity index (χ0n) is 13.0. The number of aryl methyl sites for hydroxylation is 2. The quantitative estimate of drug-likeness (QED) is 0.726. The number of rotatable bonds is 2. The first-order chi connectivity index (χ1) is 11.3. The van der Waals surface area contributed by atoms with Gasteiger partial charge in [0.1, 0.15) is 16.4 Å². The molecule has 5 heteroatoms. The van der Waals surface area contributed by atoms with Crippen molar-refractivity contribution in [1.29, 1.82) is 0 Å². The molecule has 2 aromatic heterocycles. The maximum absolute atomic E-state index is 12.6. The van der Waals surface area contributed by atoms with Crippen LogP contribution in [0.15, 0.2) is 29.1 Å². The predicted molar refractivity (Wildman–Crippen MR) is 93.5 cm³/mol. The molecule has 4 rings (SSSR count). The Morgan fingerprint density at radius 3 is 2.70 bits per heavy atom. The van der Waals surface area contributed by atoms with E-state index in [1.165, 1.54) is 29.7 Å². The van der Waals surface area contributed by atoms with Gasteiger partial charge in [-0.2, -0.15) is 0 Å². The van der Waals surface area contributed by atoms with Gasteiger partial charge in [0.25, 0.3) is 5.56 Å². The van der Waals surface area contributed by atoms with E-state index in [1.54, 1.807) is 18.4 Å². The lowest BCUT2D eigenvalue weighted by atomic mass is 10.1. The van der Waals surface area contributed by atoms with Crippen LogP contribution in [-0.4, -0.2) is 17.1 Å². The van der Waals surface area contributed by atoms with Gasteiger partial charge in [0, 0.05) is 10.4 Å². The fraction of sp³-hybridized carbons (Fsp3) is 0.333. The second-order valence-corrected chi connectivity index (χ2v) is 6.97. The number of H-pyrrole nitrogens is 1. The van der Waals surface area contributed by atoms with E-state index in [-0.39, 0.29) is 5.56 Å². The summed E-state index contributed by atoms with van der Waals surface area (Å²) < 4.78 is 5.18. The third kappa shape index (κ3) is 2.55. The fourth-order valence-electron chi connectivity index (χ4n) is 3.23. The molecule has 4 nitrogen and oxygen atoms in total. The summed E-state index contributed by atoms with van der Waals surface area (Å²) in [5.74, 6) is 1.42. The lowest BCUT2D eigenvalue weighted by molar-refractivity contribution is 0.415. The van der Waals surface area contributed by atoms with Gasteiger partial charge in [-0.15, -0.1) is 11.3 Å². The Bertz CT molecular complexity index is 909. The molecular weight excluding hydrogens is 308 g/mol. The van der Waals surface area contributed by atoms with Gasteiger partial charge in [-0.1, -0.05) is 6.42 Å². The Morgan fingerprint density at radius 2 is 1.91 bits per heavy atom. The smallest absolute Gasteiger partial charge is 0.260 e. The molecule has 23 heavy (non-hydrogen) atoms. The predicted octanol–water partition coefficient (Wildman–Crippen LogP) is 3.93. The van der Waals surface area contributed by atoms with E-state index in [0.29, 0.717) is 5.82 Å². The van der Waals surface area contributed by atoms with Crippen LogP contribution < -0.4 is 10.3 Å². The molecule has 0 atom stereocenters. The number of aromatic amines is 1. The van der Waals surface area contributed by atoms with Crippen LogP contribution >= 0.6 is 11.3 Å². The van der Waals surface area contributed by atoms with Crippen molar-refractivity contribution < 1.29 is 4.74 Å². The molecular formula is C18H18N2O2S. The first-order valence-electron chi connectivity index (χ1n) is 7.95. The van der Waals surface area contributed by atoms with E-state index in [9.17, 15) is 4.79 Å². The summed E-state index contributed by atoms with van der Waals surface area (Å²) in [5.41, 5.74) is 2.12. The molecule has 1 aliphatic rings. The zero-order chi connectivity index (χ0) is 15.8. The van der Waals surface area contributed by atoms with Crippen LogP contribution in [-0.2, 0) is 12.8 Å². The van der Waals surface area contributed by atoms with Crippen LogP contribution in [0, 0.1) is 0 Å². The Morgan fingerprint density at radius 1 is 1.13 bits per heavy atom. The summed E-state index contributed by atoms with van der Waals surface area (Å²) >= 11 is 1.69. The molecule has 0 aliphatic heterocycles. The van der Waals surface area contributed by atoms with Crippen molar-refractivity contribution in [3.8, 4) is 17.1 Å². The van der Waals surface area contributed by atoms with Gasteiger partial charge in [0.2, 0.25) is 0 Å². The Labute approximate surface area is 138 Å². The first-order valence-corrected chi connectivity index (χ1v) is 8.77. The number of methoxy groups -OCH3 is 1. The Kier molecular flexibility index (Phi) is 3.65. The van der Waals surface area contributed by atoms with Crippen molar-refractivity contribution in [2.45, 2.75) is 32.1 Å². The topological polar surface area (TPSA) is 55.0 Å². The highest BCUT2D eigenvalue weighted by atomic mass is 32.1. The van der Waals surface area contributed by atoms with Crippen molar-refractivity contribution in [2.24, 2.45) is 0 Å². The van der Waals surface area contributed by atoms with Crippen LogP contribution in [0.1, 0.15) is 29.7 Å². The fourth-order valence-corrected chi connectivity index (χ4v) is 4.49.